The van der Waals surface area contributed by atoms with E-state index in [2.05, 4.69) is 4.90 Å². The number of carbonyl (C=O) groups excluding carboxylic acids is 1. The van der Waals surface area contributed by atoms with E-state index in [-0.39, 0.29) is 40.2 Å². The first-order valence-electron chi connectivity index (χ1n) is 14.0. The highest BCUT2D eigenvalue weighted by atomic mass is 35.5. The molecule has 0 saturated carbocycles. The van der Waals surface area contributed by atoms with Gasteiger partial charge in [-0.3, -0.25) is 4.79 Å². The van der Waals surface area contributed by atoms with Crippen LogP contribution in [0.4, 0.5) is 13.2 Å². The second-order valence-corrected chi connectivity index (χ2v) is 12.5. The Balaban J connectivity index is 0.000000738. The largest absolute Gasteiger partial charge is 0.490 e. The van der Waals surface area contributed by atoms with Crippen LogP contribution in [0.25, 0.3) is 0 Å². The highest BCUT2D eigenvalue weighted by Crippen LogP contribution is 2.42. The molecule has 2 aliphatic rings. The number of β-amino-alcohol motifs (C(OH)–C–C–N with tert-alkyl or cyclic N) is 1. The first-order valence-corrected chi connectivity index (χ1v) is 14.8. The number of benzene rings is 2. The van der Waals surface area contributed by atoms with Crippen LogP contribution < -0.4 is 14.2 Å². The summed E-state index contributed by atoms with van der Waals surface area (Å²) in [6, 6.07) is 8.50. The lowest BCUT2D eigenvalue weighted by atomic mass is 9.87. The zero-order chi connectivity index (χ0) is 34.6. The molecule has 1 fully saturated rings. The number of carboxylic acids is 2. The van der Waals surface area contributed by atoms with E-state index in [0.717, 1.165) is 43.7 Å². The molecule has 1 atom stereocenters. The monoisotopic (exact) mass is 694 g/mol. The number of carbonyl (C=O) groups is 3. The molecular weight excluding hydrogens is 660 g/mol. The molecule has 0 radical (unpaired) electrons. The predicted molar refractivity (Wildman–Crippen MR) is 161 cm³/mol. The third-order valence-electron chi connectivity index (χ3n) is 7.32. The number of rotatable bonds is 9. The maximum atomic E-state index is 12.8. The Kier molecular flexibility index (Phi) is 11.7. The lowest BCUT2D eigenvalue weighted by Crippen LogP contribution is -2.49. The lowest BCUT2D eigenvalue weighted by molar-refractivity contribution is -0.192. The van der Waals surface area contributed by atoms with Gasteiger partial charge in [0, 0.05) is 64.1 Å². The molecule has 0 aromatic heterocycles. The van der Waals surface area contributed by atoms with Crippen molar-refractivity contribution in [2.24, 2.45) is 0 Å². The van der Waals surface area contributed by atoms with Crippen molar-refractivity contribution >= 4 is 41.0 Å². The van der Waals surface area contributed by atoms with Crippen LogP contribution in [0.2, 0.25) is 10.0 Å². The molecule has 2 aromatic rings. The summed E-state index contributed by atoms with van der Waals surface area (Å²) in [6.45, 7) is 4.59. The van der Waals surface area contributed by atoms with Gasteiger partial charge >= 0.3 is 18.1 Å². The van der Waals surface area contributed by atoms with Crippen molar-refractivity contribution < 1.29 is 57.1 Å². The Labute approximate surface area is 273 Å². The smallest absolute Gasteiger partial charge is 0.490 e. The van der Waals surface area contributed by atoms with Crippen LogP contribution in [-0.2, 0) is 16.0 Å². The number of carboxylic acid groups (broad SMARTS) is 2. The topological polar surface area (TPSA) is 146 Å². The van der Waals surface area contributed by atoms with Crippen molar-refractivity contribution in [1.82, 2.24) is 9.80 Å². The summed E-state index contributed by atoms with van der Waals surface area (Å²) in [4.78, 5) is 36.7. The molecule has 11 nitrogen and oxygen atoms in total. The van der Waals surface area contributed by atoms with Crippen LogP contribution in [0.15, 0.2) is 30.3 Å². The van der Waals surface area contributed by atoms with Gasteiger partial charge < -0.3 is 39.3 Å². The zero-order valence-corrected chi connectivity index (χ0v) is 27.0. The van der Waals surface area contributed by atoms with E-state index in [1.807, 2.05) is 18.2 Å². The number of aliphatic hydroxyl groups is 1. The number of piperidine rings is 1. The van der Waals surface area contributed by atoms with Gasteiger partial charge in [0.05, 0.1) is 10.6 Å². The molecule has 16 heteroatoms. The minimum atomic E-state index is -5.08. The molecule has 4 rings (SSSR count). The first-order chi connectivity index (χ1) is 21.2. The second-order valence-electron chi connectivity index (χ2n) is 11.7. The molecule has 1 spiro atoms. The number of halogens is 5. The van der Waals surface area contributed by atoms with Gasteiger partial charge in [0.15, 0.2) is 5.60 Å². The Morgan fingerprint density at radius 2 is 1.65 bits per heavy atom. The summed E-state index contributed by atoms with van der Waals surface area (Å²) in [7, 11) is 3.19. The van der Waals surface area contributed by atoms with E-state index in [4.69, 9.17) is 47.3 Å². The number of likely N-dealkylation sites (tertiary alicyclic amines) is 1. The number of nitrogens with zero attached hydrogens (tertiary/aromatic N) is 2. The standard InChI is InChI=1S/C28H34Cl2N2O7.C2HF3O2/c1-27(2,26(35)36)38-24-13-23(20(12-21(24)30)25(34)31(3)4)37-16-19(33)15-32-9-7-28(8-10-32)14-17-11-18(29)5-6-22(17)39-28;3-2(4,5)1(6)7/h5-6,11-13,19,33H,7-10,14-16H2,1-4H3,(H,35,36);(H,6,7)/t19-;/m1./s1. The van der Waals surface area contributed by atoms with Crippen molar-refractivity contribution in [3.63, 3.8) is 0 Å². The Bertz CT molecular complexity index is 1450. The average molecular weight is 696 g/mol. The van der Waals surface area contributed by atoms with Crippen molar-refractivity contribution in [2.45, 2.75) is 56.6 Å². The van der Waals surface area contributed by atoms with Crippen molar-refractivity contribution in [3.05, 3.63) is 51.5 Å². The van der Waals surface area contributed by atoms with Gasteiger partial charge in [-0.1, -0.05) is 23.2 Å². The summed E-state index contributed by atoms with van der Waals surface area (Å²) < 4.78 is 49.5. The normalized spacial score (nSPS) is 16.4. The van der Waals surface area contributed by atoms with Gasteiger partial charge in [-0.2, -0.15) is 13.2 Å². The summed E-state index contributed by atoms with van der Waals surface area (Å²) in [5.74, 6) is -3.20. The molecule has 0 unspecified atom stereocenters. The molecule has 0 aliphatic carbocycles. The number of aliphatic carboxylic acids is 2. The minimum absolute atomic E-state index is 0.0593. The van der Waals surface area contributed by atoms with E-state index >= 15 is 0 Å². The summed E-state index contributed by atoms with van der Waals surface area (Å²) in [5.41, 5.74) is -0.493. The lowest BCUT2D eigenvalue weighted by Gasteiger charge is -2.39. The summed E-state index contributed by atoms with van der Waals surface area (Å²) in [5, 5.41) is 28.1. The highest BCUT2D eigenvalue weighted by Gasteiger charge is 2.42. The van der Waals surface area contributed by atoms with Crippen LogP contribution in [0.5, 0.6) is 17.2 Å². The number of aliphatic hydroxyl groups excluding tert-OH is 1. The zero-order valence-electron chi connectivity index (χ0n) is 25.5. The van der Waals surface area contributed by atoms with E-state index in [0.29, 0.717) is 11.6 Å². The molecular formula is C30H35Cl2F3N2O9. The molecule has 254 valence electrons. The predicted octanol–water partition coefficient (Wildman–Crippen LogP) is 4.78. The number of hydrogen-bond donors (Lipinski definition) is 3. The maximum Gasteiger partial charge on any atom is 0.490 e. The van der Waals surface area contributed by atoms with Gasteiger partial charge in [-0.25, -0.2) is 9.59 Å². The van der Waals surface area contributed by atoms with Gasteiger partial charge in [0.25, 0.3) is 5.91 Å². The highest BCUT2D eigenvalue weighted by molar-refractivity contribution is 6.32. The van der Waals surface area contributed by atoms with Crippen molar-refractivity contribution in [3.8, 4) is 17.2 Å². The summed E-state index contributed by atoms with van der Waals surface area (Å²) in [6.07, 6.45) is -3.44. The van der Waals surface area contributed by atoms with Gasteiger partial charge in [-0.05, 0) is 43.7 Å². The van der Waals surface area contributed by atoms with E-state index in [1.165, 1.54) is 30.9 Å². The Morgan fingerprint density at radius 1 is 1.04 bits per heavy atom. The minimum Gasteiger partial charge on any atom is -0.490 e. The van der Waals surface area contributed by atoms with Gasteiger partial charge in [0.1, 0.15) is 35.6 Å². The molecule has 0 bridgehead atoms. The number of alkyl halides is 3. The van der Waals surface area contributed by atoms with E-state index < -0.39 is 29.8 Å². The van der Waals surface area contributed by atoms with Crippen molar-refractivity contribution in [1.29, 1.82) is 0 Å². The first kappa shape index (κ1) is 37.0. The Hall–Kier alpha value is -3.46. The molecule has 46 heavy (non-hydrogen) atoms. The van der Waals surface area contributed by atoms with Crippen LogP contribution in [0.1, 0.15) is 42.6 Å². The number of hydrogen-bond acceptors (Lipinski definition) is 8. The molecule has 1 saturated heterocycles. The Morgan fingerprint density at radius 3 is 2.20 bits per heavy atom. The summed E-state index contributed by atoms with van der Waals surface area (Å²) >= 11 is 12.5. The molecule has 1 amide bonds. The molecule has 3 N–H and O–H groups in total. The fraction of sp³-hybridized carbons (Fsp3) is 0.500. The fourth-order valence-electron chi connectivity index (χ4n) is 4.82. The molecule has 2 aromatic carbocycles. The van der Waals surface area contributed by atoms with Crippen LogP contribution >= 0.6 is 23.2 Å². The molecule has 2 aliphatic heterocycles. The third kappa shape index (κ3) is 9.53. The van der Waals surface area contributed by atoms with Crippen molar-refractivity contribution in [2.75, 3.05) is 40.3 Å². The van der Waals surface area contributed by atoms with E-state index in [9.17, 15) is 33.0 Å². The average Bonchev–Trinajstić information content (AvgIpc) is 3.30. The second kappa shape index (κ2) is 14.5. The van der Waals surface area contributed by atoms with Gasteiger partial charge in [0.2, 0.25) is 0 Å². The van der Waals surface area contributed by atoms with Gasteiger partial charge in [-0.15, -0.1) is 0 Å². The van der Waals surface area contributed by atoms with Crippen LogP contribution in [0, 0.1) is 0 Å². The third-order valence-corrected chi connectivity index (χ3v) is 7.85. The van der Waals surface area contributed by atoms with Crippen LogP contribution in [-0.4, -0.2) is 107 Å². The SMILES string of the molecule is CN(C)C(=O)c1cc(Cl)c(OC(C)(C)C(=O)O)cc1OC[C@H](O)CN1CCC2(CC1)Cc1cc(Cl)ccc1O2.O=C(O)C(F)(F)F. The number of ether oxygens (including phenoxy) is 3. The molecule has 2 heterocycles. The van der Waals surface area contributed by atoms with Crippen LogP contribution in [0.3, 0.4) is 0 Å². The quantitative estimate of drug-likeness (QED) is 0.335. The fourth-order valence-corrected chi connectivity index (χ4v) is 5.22. The maximum absolute atomic E-state index is 12.8. The number of fused-ring (bicyclic) bond motifs is 1. The van der Waals surface area contributed by atoms with E-state index in [1.54, 1.807) is 14.1 Å². The number of amides is 1.